The van der Waals surface area contributed by atoms with Crippen LogP contribution < -0.4 is 16.2 Å². The lowest BCUT2D eigenvalue weighted by molar-refractivity contribution is -0.128. The molecule has 0 atom stereocenters. The summed E-state index contributed by atoms with van der Waals surface area (Å²) in [7, 11) is 0. The minimum Gasteiger partial charge on any atom is -0.376 e. The highest BCUT2D eigenvalue weighted by molar-refractivity contribution is 7.18. The molecule has 2 amide bonds. The predicted octanol–water partition coefficient (Wildman–Crippen LogP) is 3.11. The standard InChI is InChI=1S/C20H22N4O2S/c1-13-7-8-15(14(2)11-13)21-12-19(26)24-23-18(25)9-10-20-22-16-5-3-4-6-17(16)27-20/h3-8,11,21H,9-10,12H2,1-2H3,(H,23,25)(H,24,26). The number of hydrazine groups is 1. The lowest BCUT2D eigenvalue weighted by atomic mass is 10.1. The summed E-state index contributed by atoms with van der Waals surface area (Å²) >= 11 is 1.58. The Morgan fingerprint density at radius 1 is 1.04 bits per heavy atom. The Balaban J connectivity index is 1.39. The second-order valence-electron chi connectivity index (χ2n) is 6.34. The van der Waals surface area contributed by atoms with Crippen LogP contribution in [0.4, 0.5) is 5.69 Å². The number of fused-ring (bicyclic) bond motifs is 1. The molecule has 0 unspecified atom stereocenters. The third-order valence-corrected chi connectivity index (χ3v) is 5.16. The first kappa shape index (κ1) is 18.8. The third kappa shape index (κ3) is 5.27. The normalized spacial score (nSPS) is 10.6. The van der Waals surface area contributed by atoms with E-state index in [1.165, 1.54) is 5.56 Å². The van der Waals surface area contributed by atoms with Crippen molar-refractivity contribution in [3.63, 3.8) is 0 Å². The topological polar surface area (TPSA) is 83.1 Å². The molecule has 27 heavy (non-hydrogen) atoms. The van der Waals surface area contributed by atoms with Gasteiger partial charge in [-0.25, -0.2) is 4.98 Å². The molecular formula is C20H22N4O2S. The number of benzene rings is 2. The van der Waals surface area contributed by atoms with Gasteiger partial charge < -0.3 is 5.32 Å². The highest BCUT2D eigenvalue weighted by atomic mass is 32.1. The molecule has 1 heterocycles. The van der Waals surface area contributed by atoms with Gasteiger partial charge in [-0.1, -0.05) is 29.8 Å². The van der Waals surface area contributed by atoms with E-state index in [1.54, 1.807) is 11.3 Å². The summed E-state index contributed by atoms with van der Waals surface area (Å²) in [5, 5.41) is 3.98. The van der Waals surface area contributed by atoms with Gasteiger partial charge in [-0.2, -0.15) is 0 Å². The van der Waals surface area contributed by atoms with Crippen LogP contribution in [0.5, 0.6) is 0 Å². The predicted molar refractivity (Wildman–Crippen MR) is 109 cm³/mol. The van der Waals surface area contributed by atoms with Crippen LogP contribution >= 0.6 is 11.3 Å². The molecule has 3 N–H and O–H groups in total. The zero-order valence-corrected chi connectivity index (χ0v) is 16.2. The second kappa shape index (κ2) is 8.64. The zero-order valence-electron chi connectivity index (χ0n) is 15.3. The fourth-order valence-electron chi connectivity index (χ4n) is 2.68. The van der Waals surface area contributed by atoms with Gasteiger partial charge in [0.1, 0.15) is 0 Å². The number of aryl methyl sites for hydroxylation is 3. The molecule has 3 aromatic rings. The van der Waals surface area contributed by atoms with Crippen molar-refractivity contribution in [2.45, 2.75) is 26.7 Å². The lowest BCUT2D eigenvalue weighted by Crippen LogP contribution is -2.44. The van der Waals surface area contributed by atoms with E-state index in [2.05, 4.69) is 21.2 Å². The summed E-state index contributed by atoms with van der Waals surface area (Å²) in [6.45, 7) is 4.09. The molecule has 2 aromatic carbocycles. The van der Waals surface area contributed by atoms with Crippen molar-refractivity contribution in [1.82, 2.24) is 15.8 Å². The van der Waals surface area contributed by atoms with Crippen LogP contribution in [0, 0.1) is 13.8 Å². The SMILES string of the molecule is Cc1ccc(NCC(=O)NNC(=O)CCc2nc3ccccc3s2)c(C)c1. The number of thiazole rings is 1. The van der Waals surface area contributed by atoms with Crippen LogP contribution in [-0.2, 0) is 16.0 Å². The number of aromatic nitrogens is 1. The zero-order chi connectivity index (χ0) is 19.2. The van der Waals surface area contributed by atoms with E-state index in [4.69, 9.17) is 0 Å². The molecule has 0 saturated heterocycles. The van der Waals surface area contributed by atoms with Gasteiger partial charge in [0, 0.05) is 18.5 Å². The fourth-order valence-corrected chi connectivity index (χ4v) is 3.65. The van der Waals surface area contributed by atoms with E-state index in [9.17, 15) is 9.59 Å². The van der Waals surface area contributed by atoms with Crippen molar-refractivity contribution in [1.29, 1.82) is 0 Å². The number of nitrogens with zero attached hydrogens (tertiary/aromatic N) is 1. The molecule has 0 spiro atoms. The van der Waals surface area contributed by atoms with E-state index in [-0.39, 0.29) is 24.8 Å². The highest BCUT2D eigenvalue weighted by Crippen LogP contribution is 2.22. The van der Waals surface area contributed by atoms with Gasteiger partial charge in [0.15, 0.2) is 0 Å². The first-order valence-corrected chi connectivity index (χ1v) is 9.56. The number of para-hydroxylation sites is 1. The second-order valence-corrected chi connectivity index (χ2v) is 7.46. The molecule has 0 aliphatic carbocycles. The van der Waals surface area contributed by atoms with E-state index in [0.29, 0.717) is 6.42 Å². The van der Waals surface area contributed by atoms with Crippen LogP contribution in [-0.4, -0.2) is 23.3 Å². The Hall–Kier alpha value is -2.93. The molecule has 1 aromatic heterocycles. The number of hydrogen-bond acceptors (Lipinski definition) is 5. The Morgan fingerprint density at radius 2 is 1.81 bits per heavy atom. The molecule has 0 saturated carbocycles. The van der Waals surface area contributed by atoms with Crippen molar-refractivity contribution < 1.29 is 9.59 Å². The van der Waals surface area contributed by atoms with E-state index >= 15 is 0 Å². The fraction of sp³-hybridized carbons (Fsp3) is 0.250. The number of hydrogen-bond donors (Lipinski definition) is 3. The number of nitrogens with one attached hydrogen (secondary N) is 3. The van der Waals surface area contributed by atoms with Crippen LogP contribution in [0.25, 0.3) is 10.2 Å². The average Bonchev–Trinajstić information content (AvgIpc) is 3.07. The van der Waals surface area contributed by atoms with Gasteiger partial charge in [-0.15, -0.1) is 11.3 Å². The summed E-state index contributed by atoms with van der Waals surface area (Å²) < 4.78 is 1.11. The molecule has 140 valence electrons. The first-order valence-electron chi connectivity index (χ1n) is 8.74. The largest absolute Gasteiger partial charge is 0.376 e. The summed E-state index contributed by atoms with van der Waals surface area (Å²) in [6.07, 6.45) is 0.812. The number of anilines is 1. The number of amides is 2. The van der Waals surface area contributed by atoms with Crippen LogP contribution in [0.15, 0.2) is 42.5 Å². The Labute approximate surface area is 162 Å². The molecule has 3 rings (SSSR count). The molecule has 6 nitrogen and oxygen atoms in total. The molecule has 0 radical (unpaired) electrons. The molecule has 0 bridgehead atoms. The maximum Gasteiger partial charge on any atom is 0.257 e. The summed E-state index contributed by atoms with van der Waals surface area (Å²) in [5.74, 6) is -0.544. The van der Waals surface area contributed by atoms with Gasteiger partial charge in [-0.05, 0) is 37.6 Å². The van der Waals surface area contributed by atoms with E-state index < -0.39 is 0 Å². The Morgan fingerprint density at radius 3 is 2.59 bits per heavy atom. The van der Waals surface area contributed by atoms with Gasteiger partial charge >= 0.3 is 0 Å². The van der Waals surface area contributed by atoms with Crippen molar-refractivity contribution in [3.8, 4) is 0 Å². The summed E-state index contributed by atoms with van der Waals surface area (Å²) in [6, 6.07) is 13.9. The van der Waals surface area contributed by atoms with Crippen molar-refractivity contribution in [2.75, 3.05) is 11.9 Å². The monoisotopic (exact) mass is 382 g/mol. The Kier molecular flexibility index (Phi) is 6.03. The minimum atomic E-state index is -0.302. The first-order chi connectivity index (χ1) is 13.0. The lowest BCUT2D eigenvalue weighted by Gasteiger charge is -2.11. The minimum absolute atomic E-state index is 0.0854. The molecular weight excluding hydrogens is 360 g/mol. The van der Waals surface area contributed by atoms with Crippen LogP contribution in [0.2, 0.25) is 0 Å². The number of carbonyl (C=O) groups excluding carboxylic acids is 2. The van der Waals surface area contributed by atoms with Crippen molar-refractivity contribution >= 4 is 39.1 Å². The van der Waals surface area contributed by atoms with Crippen LogP contribution in [0.3, 0.4) is 0 Å². The molecule has 0 aliphatic rings. The van der Waals surface area contributed by atoms with Gasteiger partial charge in [0.25, 0.3) is 5.91 Å². The number of carbonyl (C=O) groups is 2. The average molecular weight is 382 g/mol. The maximum absolute atomic E-state index is 11.9. The smallest absolute Gasteiger partial charge is 0.257 e. The van der Waals surface area contributed by atoms with Crippen LogP contribution in [0.1, 0.15) is 22.6 Å². The van der Waals surface area contributed by atoms with Crippen molar-refractivity contribution in [3.05, 3.63) is 58.6 Å². The summed E-state index contributed by atoms with van der Waals surface area (Å²) in [5.41, 5.74) is 8.96. The van der Waals surface area contributed by atoms with E-state index in [0.717, 1.165) is 26.5 Å². The maximum atomic E-state index is 11.9. The van der Waals surface area contributed by atoms with E-state index in [1.807, 2.05) is 56.3 Å². The number of rotatable bonds is 6. The van der Waals surface area contributed by atoms with Crippen molar-refractivity contribution in [2.24, 2.45) is 0 Å². The van der Waals surface area contributed by atoms with Gasteiger partial charge in [0.05, 0.1) is 21.8 Å². The molecule has 0 aliphatic heterocycles. The quantitative estimate of drug-likeness (QED) is 0.572. The van der Waals surface area contributed by atoms with Gasteiger partial charge in [-0.3, -0.25) is 20.4 Å². The Bertz CT molecular complexity index is 935. The van der Waals surface area contributed by atoms with Gasteiger partial charge in [0.2, 0.25) is 5.91 Å². The molecule has 0 fully saturated rings. The highest BCUT2D eigenvalue weighted by Gasteiger charge is 2.08. The summed E-state index contributed by atoms with van der Waals surface area (Å²) in [4.78, 5) is 28.3. The molecule has 7 heteroatoms. The third-order valence-electron chi connectivity index (χ3n) is 4.07.